The van der Waals surface area contributed by atoms with Crippen LogP contribution >= 0.6 is 0 Å². The molecule has 2 heteroatoms. The van der Waals surface area contributed by atoms with Gasteiger partial charge in [-0.1, -0.05) is 103 Å². The molecule has 0 radical (unpaired) electrons. The van der Waals surface area contributed by atoms with Gasteiger partial charge in [0.1, 0.15) is 12.4 Å². The summed E-state index contributed by atoms with van der Waals surface area (Å²) in [4.78, 5) is 0. The van der Waals surface area contributed by atoms with Crippen LogP contribution in [0.1, 0.15) is 11.1 Å². The Morgan fingerprint density at radius 3 is 1.80 bits per heavy atom. The molecule has 0 saturated carbocycles. The minimum Gasteiger partial charge on any atom is -0.491 e. The Kier molecular flexibility index (Phi) is 5.65. The standard InChI is InChI=1S/C33H26O2/c34-20-21-35-27-16-14-25(15-17-27)28-18-19-30(24-10-5-2-6-11-24)33-31(28)22-26-12-7-13-29(32(26)33)23-8-3-1-4-9-23/h1-19,34H,20-22H2. The average molecular weight is 455 g/mol. The molecule has 0 fully saturated rings. The molecule has 0 spiro atoms. The summed E-state index contributed by atoms with van der Waals surface area (Å²) in [6, 6.07) is 40.8. The Labute approximate surface area is 206 Å². The molecule has 2 nitrogen and oxygen atoms in total. The molecule has 170 valence electrons. The first-order valence-electron chi connectivity index (χ1n) is 12.1. The van der Waals surface area contributed by atoms with E-state index in [1.165, 1.54) is 55.6 Å². The van der Waals surface area contributed by atoms with E-state index in [1.807, 2.05) is 12.1 Å². The zero-order chi connectivity index (χ0) is 23.6. The van der Waals surface area contributed by atoms with Gasteiger partial charge in [0.25, 0.3) is 0 Å². The maximum absolute atomic E-state index is 9.05. The lowest BCUT2D eigenvalue weighted by molar-refractivity contribution is 0.201. The monoisotopic (exact) mass is 454 g/mol. The summed E-state index contributed by atoms with van der Waals surface area (Å²) in [5.41, 5.74) is 12.9. The van der Waals surface area contributed by atoms with Crippen molar-refractivity contribution in [2.75, 3.05) is 13.2 Å². The SMILES string of the molecule is OCCOc1ccc(-c2ccc(-c3ccccc3)c3c2Cc2cccc(-c4ccccc4)c2-3)cc1. The van der Waals surface area contributed by atoms with Crippen LogP contribution in [0.5, 0.6) is 5.75 Å². The lowest BCUT2D eigenvalue weighted by atomic mass is 9.87. The normalized spacial score (nSPS) is 11.7. The van der Waals surface area contributed by atoms with Gasteiger partial charge in [-0.05, 0) is 74.2 Å². The second-order valence-corrected chi connectivity index (χ2v) is 8.86. The fourth-order valence-corrected chi connectivity index (χ4v) is 5.23. The van der Waals surface area contributed by atoms with E-state index in [2.05, 4.69) is 103 Å². The van der Waals surface area contributed by atoms with Crippen molar-refractivity contribution in [1.82, 2.24) is 0 Å². The molecule has 0 saturated heterocycles. The number of aliphatic hydroxyl groups is 1. The molecule has 1 N–H and O–H groups in total. The molecule has 5 aromatic rings. The van der Waals surface area contributed by atoms with Gasteiger partial charge < -0.3 is 9.84 Å². The Morgan fingerprint density at radius 2 is 1.14 bits per heavy atom. The molecule has 6 rings (SSSR count). The first kappa shape index (κ1) is 21.4. The zero-order valence-corrected chi connectivity index (χ0v) is 19.4. The number of hydrogen-bond acceptors (Lipinski definition) is 2. The molecule has 0 bridgehead atoms. The van der Waals surface area contributed by atoms with Crippen molar-refractivity contribution in [3.63, 3.8) is 0 Å². The molecular formula is C33H26O2. The average Bonchev–Trinajstić information content (AvgIpc) is 3.33. The zero-order valence-electron chi connectivity index (χ0n) is 19.4. The summed E-state index contributed by atoms with van der Waals surface area (Å²) in [7, 11) is 0. The van der Waals surface area contributed by atoms with Gasteiger partial charge in [-0.25, -0.2) is 0 Å². The van der Waals surface area contributed by atoms with E-state index in [-0.39, 0.29) is 6.61 Å². The van der Waals surface area contributed by atoms with Crippen LogP contribution in [-0.4, -0.2) is 18.3 Å². The predicted octanol–water partition coefficient (Wildman–Crippen LogP) is 7.63. The number of hydrogen-bond donors (Lipinski definition) is 1. The maximum atomic E-state index is 9.05. The van der Waals surface area contributed by atoms with Crippen LogP contribution in [0, 0.1) is 0 Å². The smallest absolute Gasteiger partial charge is 0.119 e. The summed E-state index contributed by atoms with van der Waals surface area (Å²) in [6.07, 6.45) is 0.907. The summed E-state index contributed by atoms with van der Waals surface area (Å²) >= 11 is 0. The third-order valence-corrected chi connectivity index (χ3v) is 6.78. The predicted molar refractivity (Wildman–Crippen MR) is 144 cm³/mol. The number of fused-ring (bicyclic) bond motifs is 3. The minimum atomic E-state index is 0.0121. The Hall–Kier alpha value is -4.14. The van der Waals surface area contributed by atoms with Gasteiger partial charge in [-0.3, -0.25) is 0 Å². The quantitative estimate of drug-likeness (QED) is 0.280. The maximum Gasteiger partial charge on any atom is 0.119 e. The van der Waals surface area contributed by atoms with Crippen molar-refractivity contribution in [3.05, 3.63) is 126 Å². The van der Waals surface area contributed by atoms with Crippen LogP contribution in [-0.2, 0) is 6.42 Å². The van der Waals surface area contributed by atoms with Crippen molar-refractivity contribution in [2.45, 2.75) is 6.42 Å². The highest BCUT2D eigenvalue weighted by Crippen LogP contribution is 2.50. The van der Waals surface area contributed by atoms with E-state index in [9.17, 15) is 0 Å². The van der Waals surface area contributed by atoms with Gasteiger partial charge in [0, 0.05) is 0 Å². The molecule has 0 amide bonds. The van der Waals surface area contributed by atoms with Crippen molar-refractivity contribution in [2.24, 2.45) is 0 Å². The van der Waals surface area contributed by atoms with Crippen LogP contribution in [0.2, 0.25) is 0 Å². The molecule has 0 unspecified atom stereocenters. The van der Waals surface area contributed by atoms with E-state index >= 15 is 0 Å². The molecule has 0 atom stereocenters. The molecule has 0 aromatic heterocycles. The molecule has 5 aromatic carbocycles. The van der Waals surface area contributed by atoms with Crippen LogP contribution < -0.4 is 4.74 Å². The first-order chi connectivity index (χ1) is 17.3. The Morgan fingerprint density at radius 1 is 0.543 bits per heavy atom. The summed E-state index contributed by atoms with van der Waals surface area (Å²) in [5.74, 6) is 0.773. The fraction of sp³-hybridized carbons (Fsp3) is 0.0909. The highest BCUT2D eigenvalue weighted by molar-refractivity contribution is 6.00. The van der Waals surface area contributed by atoms with Crippen molar-refractivity contribution >= 4 is 0 Å². The van der Waals surface area contributed by atoms with Crippen LogP contribution in [0.25, 0.3) is 44.5 Å². The van der Waals surface area contributed by atoms with Crippen molar-refractivity contribution in [1.29, 1.82) is 0 Å². The molecule has 1 aliphatic rings. The summed E-state index contributed by atoms with van der Waals surface area (Å²) in [6.45, 7) is 0.316. The van der Waals surface area contributed by atoms with Gasteiger partial charge in [0.05, 0.1) is 6.61 Å². The van der Waals surface area contributed by atoms with Crippen LogP contribution in [0.4, 0.5) is 0 Å². The summed E-state index contributed by atoms with van der Waals surface area (Å²) < 4.78 is 5.58. The minimum absolute atomic E-state index is 0.0121. The van der Waals surface area contributed by atoms with E-state index in [4.69, 9.17) is 9.84 Å². The van der Waals surface area contributed by atoms with Crippen LogP contribution in [0.15, 0.2) is 115 Å². The van der Waals surface area contributed by atoms with Gasteiger partial charge >= 0.3 is 0 Å². The summed E-state index contributed by atoms with van der Waals surface area (Å²) in [5, 5.41) is 9.05. The van der Waals surface area contributed by atoms with Gasteiger partial charge in [0.2, 0.25) is 0 Å². The van der Waals surface area contributed by atoms with Crippen molar-refractivity contribution in [3.8, 4) is 50.3 Å². The topological polar surface area (TPSA) is 29.5 Å². The molecular weight excluding hydrogens is 428 g/mol. The first-order valence-corrected chi connectivity index (χ1v) is 12.1. The van der Waals surface area contributed by atoms with Gasteiger partial charge in [-0.2, -0.15) is 0 Å². The molecule has 0 aliphatic heterocycles. The molecule has 35 heavy (non-hydrogen) atoms. The van der Waals surface area contributed by atoms with E-state index in [0.717, 1.165) is 12.2 Å². The lowest BCUT2D eigenvalue weighted by Crippen LogP contribution is -2.01. The highest BCUT2D eigenvalue weighted by Gasteiger charge is 2.27. The van der Waals surface area contributed by atoms with Crippen molar-refractivity contribution < 1.29 is 9.84 Å². The van der Waals surface area contributed by atoms with E-state index in [0.29, 0.717) is 6.61 Å². The van der Waals surface area contributed by atoms with E-state index < -0.39 is 0 Å². The lowest BCUT2D eigenvalue weighted by Gasteiger charge is -2.17. The molecule has 1 aliphatic carbocycles. The Balaban J connectivity index is 1.56. The largest absolute Gasteiger partial charge is 0.491 e. The van der Waals surface area contributed by atoms with Crippen LogP contribution in [0.3, 0.4) is 0 Å². The third kappa shape index (κ3) is 3.92. The van der Waals surface area contributed by atoms with Gasteiger partial charge in [-0.15, -0.1) is 0 Å². The van der Waals surface area contributed by atoms with Gasteiger partial charge in [0.15, 0.2) is 0 Å². The number of ether oxygens (including phenoxy) is 1. The third-order valence-electron chi connectivity index (χ3n) is 6.78. The fourth-order valence-electron chi connectivity index (χ4n) is 5.23. The second kappa shape index (κ2) is 9.25. The molecule has 0 heterocycles. The number of aliphatic hydroxyl groups excluding tert-OH is 1. The Bertz CT molecular complexity index is 1470. The number of rotatable bonds is 6. The second-order valence-electron chi connectivity index (χ2n) is 8.86. The number of benzene rings is 5. The highest BCUT2D eigenvalue weighted by atomic mass is 16.5. The van der Waals surface area contributed by atoms with E-state index in [1.54, 1.807) is 0 Å².